The van der Waals surface area contributed by atoms with E-state index in [0.717, 1.165) is 33.7 Å². The van der Waals surface area contributed by atoms with Crippen LogP contribution < -0.4 is 0 Å². The fraction of sp³-hybridized carbons (Fsp3) is 0.0800. The first-order valence-corrected chi connectivity index (χ1v) is 9.77. The third kappa shape index (κ3) is 4.93. The van der Waals surface area contributed by atoms with Gasteiger partial charge in [-0.1, -0.05) is 24.8 Å². The number of aromatic nitrogens is 4. The highest BCUT2D eigenvalue weighted by atomic mass is 19.1. The molecule has 4 rings (SSSR count). The summed E-state index contributed by atoms with van der Waals surface area (Å²) in [6.45, 7) is 5.91. The zero-order valence-corrected chi connectivity index (χ0v) is 17.0. The predicted molar refractivity (Wildman–Crippen MR) is 121 cm³/mol. The van der Waals surface area contributed by atoms with Crippen molar-refractivity contribution >= 4 is 11.4 Å². The lowest BCUT2D eigenvalue weighted by Crippen LogP contribution is -2.01. The van der Waals surface area contributed by atoms with E-state index in [9.17, 15) is 4.39 Å². The highest BCUT2D eigenvalue weighted by molar-refractivity contribution is 5.97. The van der Waals surface area contributed by atoms with Crippen LogP contribution in [0, 0.1) is 12.7 Å². The van der Waals surface area contributed by atoms with E-state index in [1.54, 1.807) is 30.7 Å². The van der Waals surface area contributed by atoms with Crippen LogP contribution in [0.4, 0.5) is 10.1 Å². The van der Waals surface area contributed by atoms with Gasteiger partial charge in [0.15, 0.2) is 0 Å². The standard InChI is InChI=1S/C25H20FN5/c1-3-22(12-18-11-17(2)25(28-14-18)20-9-10-29-30-15-20)31-23-7-8-24(27-16-23)19-5-4-6-21(26)13-19/h3-11,13-16H,1,12H2,2H3. The number of aryl methyl sites for hydroxylation is 1. The summed E-state index contributed by atoms with van der Waals surface area (Å²) in [5.41, 5.74) is 6.83. The number of halogens is 1. The van der Waals surface area contributed by atoms with Gasteiger partial charge in [0.05, 0.1) is 35.7 Å². The first-order valence-electron chi connectivity index (χ1n) is 9.77. The number of hydrogen-bond donors (Lipinski definition) is 0. The largest absolute Gasteiger partial charge is 0.256 e. The van der Waals surface area contributed by atoms with E-state index >= 15 is 0 Å². The maximum atomic E-state index is 13.4. The molecule has 3 aromatic heterocycles. The summed E-state index contributed by atoms with van der Waals surface area (Å²) < 4.78 is 13.4. The molecule has 31 heavy (non-hydrogen) atoms. The zero-order chi connectivity index (χ0) is 21.6. The molecule has 0 aliphatic heterocycles. The first kappa shape index (κ1) is 20.2. The Labute approximate surface area is 180 Å². The molecule has 0 amide bonds. The van der Waals surface area contributed by atoms with Crippen LogP contribution in [0.2, 0.25) is 0 Å². The second-order valence-electron chi connectivity index (χ2n) is 7.04. The summed E-state index contributed by atoms with van der Waals surface area (Å²) in [5, 5.41) is 7.72. The van der Waals surface area contributed by atoms with Gasteiger partial charge in [-0.25, -0.2) is 4.39 Å². The molecular formula is C25H20FN5. The number of pyridine rings is 2. The van der Waals surface area contributed by atoms with Crippen LogP contribution in [0.25, 0.3) is 22.5 Å². The minimum Gasteiger partial charge on any atom is -0.256 e. The van der Waals surface area contributed by atoms with Crippen LogP contribution in [-0.4, -0.2) is 25.9 Å². The van der Waals surface area contributed by atoms with E-state index in [0.29, 0.717) is 17.8 Å². The first-order chi connectivity index (χ1) is 15.1. The van der Waals surface area contributed by atoms with Crippen molar-refractivity contribution < 1.29 is 4.39 Å². The van der Waals surface area contributed by atoms with Crippen LogP contribution in [0.1, 0.15) is 11.1 Å². The highest BCUT2D eigenvalue weighted by Crippen LogP contribution is 2.22. The molecule has 0 bridgehead atoms. The fourth-order valence-corrected chi connectivity index (χ4v) is 3.27. The van der Waals surface area contributed by atoms with E-state index in [2.05, 4.69) is 37.8 Å². The van der Waals surface area contributed by atoms with Crippen molar-refractivity contribution in [2.75, 3.05) is 0 Å². The van der Waals surface area contributed by atoms with Crippen molar-refractivity contribution in [3.63, 3.8) is 0 Å². The number of nitrogens with zero attached hydrogens (tertiary/aromatic N) is 5. The van der Waals surface area contributed by atoms with Crippen LogP contribution in [-0.2, 0) is 6.42 Å². The molecule has 0 saturated carbocycles. The van der Waals surface area contributed by atoms with Gasteiger partial charge in [-0.05, 0) is 54.5 Å². The van der Waals surface area contributed by atoms with Crippen LogP contribution in [0.5, 0.6) is 0 Å². The highest BCUT2D eigenvalue weighted by Gasteiger charge is 2.07. The Morgan fingerprint density at radius 2 is 1.90 bits per heavy atom. The van der Waals surface area contributed by atoms with Gasteiger partial charge in [0.2, 0.25) is 0 Å². The lowest BCUT2D eigenvalue weighted by molar-refractivity contribution is 0.628. The summed E-state index contributed by atoms with van der Waals surface area (Å²) in [6.07, 6.45) is 9.20. The van der Waals surface area contributed by atoms with Crippen molar-refractivity contribution in [1.29, 1.82) is 0 Å². The molecule has 3 heterocycles. The van der Waals surface area contributed by atoms with Gasteiger partial charge in [-0.15, -0.1) is 0 Å². The van der Waals surface area contributed by atoms with E-state index in [4.69, 9.17) is 0 Å². The molecular weight excluding hydrogens is 389 g/mol. The summed E-state index contributed by atoms with van der Waals surface area (Å²) >= 11 is 0. The minimum atomic E-state index is -0.287. The fourth-order valence-electron chi connectivity index (χ4n) is 3.27. The molecule has 0 aliphatic carbocycles. The van der Waals surface area contributed by atoms with E-state index in [1.165, 1.54) is 12.1 Å². The molecule has 0 radical (unpaired) electrons. The SMILES string of the molecule is C=CC(Cc1cnc(-c2ccnnc2)c(C)c1)=Nc1ccc(-c2cccc(F)c2)nc1. The lowest BCUT2D eigenvalue weighted by Gasteiger charge is -2.08. The van der Waals surface area contributed by atoms with E-state index in [-0.39, 0.29) is 5.82 Å². The van der Waals surface area contributed by atoms with E-state index < -0.39 is 0 Å². The Kier molecular flexibility index (Phi) is 5.98. The minimum absolute atomic E-state index is 0.287. The van der Waals surface area contributed by atoms with Gasteiger partial charge in [-0.3, -0.25) is 15.0 Å². The summed E-state index contributed by atoms with van der Waals surface area (Å²) in [4.78, 5) is 13.7. The van der Waals surface area contributed by atoms with Gasteiger partial charge in [0, 0.05) is 29.5 Å². The molecule has 0 spiro atoms. The van der Waals surface area contributed by atoms with Gasteiger partial charge in [-0.2, -0.15) is 10.2 Å². The lowest BCUT2D eigenvalue weighted by atomic mass is 10.0. The Morgan fingerprint density at radius 1 is 1.00 bits per heavy atom. The summed E-state index contributed by atoms with van der Waals surface area (Å²) in [5.74, 6) is -0.287. The van der Waals surface area contributed by atoms with Crippen molar-refractivity contribution in [2.24, 2.45) is 4.99 Å². The summed E-state index contributed by atoms with van der Waals surface area (Å²) in [7, 11) is 0. The normalized spacial score (nSPS) is 11.4. The molecule has 0 unspecified atom stereocenters. The topological polar surface area (TPSA) is 63.9 Å². The number of allylic oxidation sites excluding steroid dienone is 1. The Balaban J connectivity index is 1.52. The molecule has 0 saturated heterocycles. The maximum absolute atomic E-state index is 13.4. The van der Waals surface area contributed by atoms with Crippen LogP contribution >= 0.6 is 0 Å². The second kappa shape index (κ2) is 9.17. The molecule has 5 nitrogen and oxygen atoms in total. The quantitative estimate of drug-likeness (QED) is 0.392. The molecule has 0 fully saturated rings. The van der Waals surface area contributed by atoms with Gasteiger partial charge in [0.25, 0.3) is 0 Å². The van der Waals surface area contributed by atoms with E-state index in [1.807, 2.05) is 37.4 Å². The monoisotopic (exact) mass is 409 g/mol. The second-order valence-corrected chi connectivity index (χ2v) is 7.04. The van der Waals surface area contributed by atoms with Crippen LogP contribution in [0.3, 0.4) is 0 Å². The molecule has 0 atom stereocenters. The Bertz CT molecular complexity index is 1230. The molecule has 6 heteroatoms. The number of aliphatic imine (C=N–C) groups is 1. The molecule has 0 N–H and O–H groups in total. The molecule has 152 valence electrons. The van der Waals surface area contributed by atoms with Crippen molar-refractivity contribution in [2.45, 2.75) is 13.3 Å². The Morgan fingerprint density at radius 3 is 2.58 bits per heavy atom. The van der Waals surface area contributed by atoms with Crippen molar-refractivity contribution in [3.05, 3.63) is 103 Å². The number of rotatable bonds is 6. The van der Waals surface area contributed by atoms with Crippen molar-refractivity contribution in [3.8, 4) is 22.5 Å². The van der Waals surface area contributed by atoms with Gasteiger partial charge >= 0.3 is 0 Å². The van der Waals surface area contributed by atoms with Crippen LogP contribution in [0.15, 0.2) is 91.0 Å². The molecule has 1 aromatic carbocycles. The van der Waals surface area contributed by atoms with Gasteiger partial charge in [0.1, 0.15) is 5.82 Å². The number of benzene rings is 1. The van der Waals surface area contributed by atoms with Crippen molar-refractivity contribution in [1.82, 2.24) is 20.2 Å². The number of hydrogen-bond acceptors (Lipinski definition) is 5. The zero-order valence-electron chi connectivity index (χ0n) is 17.0. The third-order valence-corrected chi connectivity index (χ3v) is 4.75. The Hall–Kier alpha value is -4.06. The predicted octanol–water partition coefficient (Wildman–Crippen LogP) is 5.55. The third-order valence-electron chi connectivity index (χ3n) is 4.75. The maximum Gasteiger partial charge on any atom is 0.123 e. The average molecular weight is 409 g/mol. The average Bonchev–Trinajstić information content (AvgIpc) is 2.80. The molecule has 4 aromatic rings. The van der Waals surface area contributed by atoms with Gasteiger partial charge < -0.3 is 0 Å². The smallest absolute Gasteiger partial charge is 0.123 e. The summed E-state index contributed by atoms with van der Waals surface area (Å²) in [6, 6.07) is 14.0. The molecule has 0 aliphatic rings.